The third-order valence-electron chi connectivity index (χ3n) is 7.64. The van der Waals surface area contributed by atoms with E-state index >= 15 is 0 Å². The summed E-state index contributed by atoms with van der Waals surface area (Å²) in [5, 5.41) is 3.56. The Bertz CT molecular complexity index is 1330. The minimum atomic E-state index is -1.35. The molecule has 4 heteroatoms. The molecule has 3 rings (SSSR count). The predicted molar refractivity (Wildman–Crippen MR) is 176 cm³/mol. The summed E-state index contributed by atoms with van der Waals surface area (Å²) >= 11 is 5.79. The summed E-state index contributed by atoms with van der Waals surface area (Å²) in [5.74, 6) is 0.340. The minimum absolute atomic E-state index is 0.340. The molecule has 1 aliphatic heterocycles. The Morgan fingerprint density at radius 1 is 1.15 bits per heavy atom. The Morgan fingerprint density at radius 2 is 1.90 bits per heavy atom. The van der Waals surface area contributed by atoms with Crippen LogP contribution in [0.3, 0.4) is 0 Å². The first-order valence-electron chi connectivity index (χ1n) is 14.2. The van der Waals surface area contributed by atoms with Crippen molar-refractivity contribution >= 4 is 22.9 Å². The number of rotatable bonds is 12. The highest BCUT2D eigenvalue weighted by atomic mass is 32.1. The van der Waals surface area contributed by atoms with Crippen molar-refractivity contribution in [1.82, 2.24) is 4.90 Å². The molecule has 1 atom stereocenters. The van der Waals surface area contributed by atoms with Crippen molar-refractivity contribution in [3.63, 3.8) is 0 Å². The van der Waals surface area contributed by atoms with E-state index in [1.807, 2.05) is 37.3 Å². The summed E-state index contributed by atoms with van der Waals surface area (Å²) in [5.41, 5.74) is 8.79. The first-order valence-corrected chi connectivity index (χ1v) is 14.6. The van der Waals surface area contributed by atoms with E-state index in [0.717, 1.165) is 65.4 Å². The molecule has 0 aromatic heterocycles. The fourth-order valence-electron chi connectivity index (χ4n) is 5.26. The van der Waals surface area contributed by atoms with Gasteiger partial charge in [0.05, 0.1) is 4.99 Å². The average Bonchev–Trinajstić information content (AvgIpc) is 2.90. The molecule has 40 heavy (non-hydrogen) atoms. The number of aryl methyl sites for hydroxylation is 2. The Kier molecular flexibility index (Phi) is 10.9. The number of thiocarbonyl (C=S) groups is 1. The number of halogens is 1. The van der Waals surface area contributed by atoms with E-state index in [1.165, 1.54) is 22.3 Å². The Labute approximate surface area is 247 Å². The molecule has 1 unspecified atom stereocenters. The number of benzene rings is 2. The number of hydrogen-bond acceptors (Lipinski definition) is 2. The molecule has 0 saturated heterocycles. The zero-order valence-electron chi connectivity index (χ0n) is 24.9. The minimum Gasteiger partial charge on any atom is -0.371 e. The molecule has 1 heterocycles. The molecular formula is C36H45FN2S. The molecule has 1 aliphatic rings. The summed E-state index contributed by atoms with van der Waals surface area (Å²) in [6.45, 7) is 23.4. The van der Waals surface area contributed by atoms with Gasteiger partial charge >= 0.3 is 0 Å². The van der Waals surface area contributed by atoms with Gasteiger partial charge in [-0.25, -0.2) is 4.39 Å². The van der Waals surface area contributed by atoms with Gasteiger partial charge in [-0.05, 0) is 91.8 Å². The largest absolute Gasteiger partial charge is 0.371 e. The maximum absolute atomic E-state index is 14.5. The van der Waals surface area contributed by atoms with Gasteiger partial charge in [0.15, 0.2) is 0 Å². The van der Waals surface area contributed by atoms with Crippen molar-refractivity contribution in [3.05, 3.63) is 125 Å². The fourth-order valence-corrected chi connectivity index (χ4v) is 5.53. The zero-order chi connectivity index (χ0) is 29.4. The van der Waals surface area contributed by atoms with Crippen LogP contribution in [0.4, 0.5) is 10.1 Å². The van der Waals surface area contributed by atoms with Crippen molar-refractivity contribution in [1.29, 1.82) is 0 Å². The SMILES string of the molecule is C=C/C=C(\C=C/C(C)C=C)CCC(=C)N1CCc2c(ccc(C)c2NC(=S)Cc2ccc(C(C)(C)F)c(C)c2)C1. The van der Waals surface area contributed by atoms with Gasteiger partial charge in [-0.3, -0.25) is 0 Å². The lowest BCUT2D eigenvalue weighted by atomic mass is 9.93. The van der Waals surface area contributed by atoms with E-state index in [9.17, 15) is 4.39 Å². The van der Waals surface area contributed by atoms with Crippen LogP contribution in [0, 0.1) is 19.8 Å². The summed E-state index contributed by atoms with van der Waals surface area (Å²) < 4.78 is 14.5. The molecule has 0 fully saturated rings. The number of allylic oxidation sites excluding steroid dienone is 7. The van der Waals surface area contributed by atoms with Gasteiger partial charge in [0, 0.05) is 30.9 Å². The first kappa shape index (κ1) is 31.3. The van der Waals surface area contributed by atoms with Gasteiger partial charge in [0.2, 0.25) is 0 Å². The Morgan fingerprint density at radius 3 is 2.55 bits per heavy atom. The molecule has 2 nitrogen and oxygen atoms in total. The fraction of sp³-hybridized carbons (Fsp3) is 0.361. The molecule has 0 saturated carbocycles. The van der Waals surface area contributed by atoms with Gasteiger partial charge in [-0.15, -0.1) is 6.58 Å². The van der Waals surface area contributed by atoms with E-state index in [0.29, 0.717) is 12.3 Å². The van der Waals surface area contributed by atoms with Gasteiger partial charge in [-0.1, -0.05) is 93.0 Å². The van der Waals surface area contributed by atoms with Crippen LogP contribution in [0.15, 0.2) is 91.7 Å². The Hall–Kier alpha value is -3.24. The number of hydrogen-bond donors (Lipinski definition) is 1. The lowest BCUT2D eigenvalue weighted by Gasteiger charge is -2.34. The molecule has 1 N–H and O–H groups in total. The maximum atomic E-state index is 14.5. The van der Waals surface area contributed by atoms with Crippen LogP contribution in [0.2, 0.25) is 0 Å². The second-order valence-electron chi connectivity index (χ2n) is 11.4. The molecular weight excluding hydrogens is 511 g/mol. The van der Waals surface area contributed by atoms with Crippen LogP contribution < -0.4 is 5.32 Å². The highest BCUT2D eigenvalue weighted by molar-refractivity contribution is 7.80. The summed E-state index contributed by atoms with van der Waals surface area (Å²) in [6, 6.07) is 10.3. The normalized spacial score (nSPS) is 14.6. The van der Waals surface area contributed by atoms with Crippen molar-refractivity contribution in [2.45, 2.75) is 72.5 Å². The summed E-state index contributed by atoms with van der Waals surface area (Å²) in [6.07, 6.45) is 13.6. The average molecular weight is 557 g/mol. The smallest absolute Gasteiger partial charge is 0.130 e. The van der Waals surface area contributed by atoms with Crippen molar-refractivity contribution in [2.75, 3.05) is 11.9 Å². The number of nitrogens with zero attached hydrogens (tertiary/aromatic N) is 1. The molecule has 2 aromatic carbocycles. The lowest BCUT2D eigenvalue weighted by molar-refractivity contribution is 0.220. The molecule has 0 aliphatic carbocycles. The number of nitrogens with one attached hydrogen (secondary N) is 1. The molecule has 0 spiro atoms. The topological polar surface area (TPSA) is 15.3 Å². The molecule has 212 valence electrons. The molecule has 0 amide bonds. The van der Waals surface area contributed by atoms with Gasteiger partial charge < -0.3 is 10.2 Å². The van der Waals surface area contributed by atoms with E-state index in [4.69, 9.17) is 12.2 Å². The summed E-state index contributed by atoms with van der Waals surface area (Å²) in [7, 11) is 0. The Balaban J connectivity index is 1.66. The van der Waals surface area contributed by atoms with Crippen LogP contribution in [0.1, 0.15) is 67.0 Å². The van der Waals surface area contributed by atoms with Crippen LogP contribution in [0.5, 0.6) is 0 Å². The number of anilines is 1. The highest BCUT2D eigenvalue weighted by Crippen LogP contribution is 2.32. The van der Waals surface area contributed by atoms with E-state index < -0.39 is 5.67 Å². The maximum Gasteiger partial charge on any atom is 0.130 e. The van der Waals surface area contributed by atoms with Crippen LogP contribution in [-0.2, 0) is 25.1 Å². The zero-order valence-corrected chi connectivity index (χ0v) is 25.8. The van der Waals surface area contributed by atoms with Gasteiger partial charge in [-0.2, -0.15) is 0 Å². The monoisotopic (exact) mass is 556 g/mol. The second-order valence-corrected chi connectivity index (χ2v) is 11.9. The molecule has 0 bridgehead atoms. The van der Waals surface area contributed by atoms with Crippen LogP contribution in [0.25, 0.3) is 0 Å². The van der Waals surface area contributed by atoms with Crippen molar-refractivity contribution in [2.24, 2.45) is 5.92 Å². The van der Waals surface area contributed by atoms with Crippen LogP contribution >= 0.6 is 12.2 Å². The highest BCUT2D eigenvalue weighted by Gasteiger charge is 2.23. The molecule has 2 aromatic rings. The van der Waals surface area contributed by atoms with E-state index in [2.05, 4.69) is 74.2 Å². The molecule has 0 radical (unpaired) electrons. The first-order chi connectivity index (χ1) is 18.9. The van der Waals surface area contributed by atoms with E-state index in [1.54, 1.807) is 13.8 Å². The number of fused-ring (bicyclic) bond motifs is 1. The second kappa shape index (κ2) is 13.9. The lowest BCUT2D eigenvalue weighted by Crippen LogP contribution is -2.30. The predicted octanol–water partition coefficient (Wildman–Crippen LogP) is 9.63. The summed E-state index contributed by atoms with van der Waals surface area (Å²) in [4.78, 5) is 3.17. The van der Waals surface area contributed by atoms with Crippen molar-refractivity contribution in [3.8, 4) is 0 Å². The van der Waals surface area contributed by atoms with Gasteiger partial charge in [0.1, 0.15) is 5.67 Å². The third-order valence-corrected chi connectivity index (χ3v) is 7.89. The number of alkyl halides is 1. The van der Waals surface area contributed by atoms with Gasteiger partial charge in [0.25, 0.3) is 0 Å². The van der Waals surface area contributed by atoms with Crippen molar-refractivity contribution < 1.29 is 4.39 Å². The standard InChI is InChI=1S/C36H45FN2S/c1-9-11-29(15-12-25(3)10-2)16-14-28(6)39-21-20-32-31(24-39)18-13-26(4)35(32)38-34(40)23-30-17-19-33(27(5)22-30)36(7,8)37/h9-13,15,17-19,22,25H,1-2,6,14,16,20-21,23-24H2,3-5,7-8H3,(H,38,40)/b15-12-,29-11+. The van der Waals surface area contributed by atoms with Crippen LogP contribution in [-0.4, -0.2) is 16.4 Å². The third kappa shape index (κ3) is 8.38. The quantitative estimate of drug-likeness (QED) is 0.159. The van der Waals surface area contributed by atoms with E-state index in [-0.39, 0.29) is 0 Å².